The summed E-state index contributed by atoms with van der Waals surface area (Å²) < 4.78 is 5.65. The van der Waals surface area contributed by atoms with E-state index in [0.717, 1.165) is 19.3 Å². The summed E-state index contributed by atoms with van der Waals surface area (Å²) in [4.78, 5) is -0.853. The van der Waals surface area contributed by atoms with Crippen LogP contribution in [0.4, 0.5) is 0 Å². The number of allylic oxidation sites excluding steroid dienone is 1. The smallest absolute Gasteiger partial charge is 0.164 e. The summed E-state index contributed by atoms with van der Waals surface area (Å²) in [5.74, 6) is 0. The molecule has 2 fully saturated rings. The number of fused-ring (bicyclic) bond motifs is 2. The molecule has 2 saturated carbocycles. The van der Waals surface area contributed by atoms with Crippen LogP contribution < -0.4 is 0 Å². The average molecular weight is 238 g/mol. The third kappa shape index (κ3) is 1.02. The van der Waals surface area contributed by atoms with Crippen molar-refractivity contribution in [2.75, 3.05) is 7.11 Å². The van der Waals surface area contributed by atoms with Gasteiger partial charge in [-0.25, -0.2) is 0 Å². The van der Waals surface area contributed by atoms with E-state index in [1.807, 2.05) is 0 Å². The third-order valence-electron chi connectivity index (χ3n) is 4.96. The summed E-state index contributed by atoms with van der Waals surface area (Å²) in [6, 6.07) is 2.31. The number of rotatable bonds is 1. The molecule has 3 heteroatoms. The van der Waals surface area contributed by atoms with Gasteiger partial charge in [0.05, 0.1) is 6.07 Å². The lowest BCUT2D eigenvalue weighted by molar-refractivity contribution is -0.0536. The van der Waals surface area contributed by atoms with Crippen LogP contribution in [-0.2, 0) is 4.74 Å². The lowest BCUT2D eigenvalue weighted by atomic mass is 9.55. The van der Waals surface area contributed by atoms with E-state index in [-0.39, 0.29) is 5.41 Å². The zero-order valence-corrected chi connectivity index (χ0v) is 10.3. The lowest BCUT2D eigenvalue weighted by Gasteiger charge is -2.55. The van der Waals surface area contributed by atoms with Crippen LogP contribution in [0.1, 0.15) is 38.5 Å². The second-order valence-corrected chi connectivity index (χ2v) is 6.13. The van der Waals surface area contributed by atoms with Crippen LogP contribution in [0.5, 0.6) is 0 Å². The molecule has 4 aliphatic carbocycles. The predicted molar refractivity (Wildman–Crippen MR) is 62.2 cm³/mol. The van der Waals surface area contributed by atoms with E-state index >= 15 is 0 Å². The molecule has 0 unspecified atom stereocenters. The van der Waals surface area contributed by atoms with Crippen molar-refractivity contribution in [1.29, 1.82) is 5.26 Å². The molecule has 4 rings (SSSR count). The van der Waals surface area contributed by atoms with Gasteiger partial charge in [0.15, 0.2) is 4.87 Å². The molecule has 0 aromatic heterocycles. The molecule has 3 atom stereocenters. The summed E-state index contributed by atoms with van der Waals surface area (Å²) in [5.41, 5.74) is 1.20. The van der Waals surface area contributed by atoms with Crippen LogP contribution in [0.2, 0.25) is 0 Å². The molecule has 1 spiro atoms. The molecular formula is C13H16ClNO. The van der Waals surface area contributed by atoms with Crippen molar-refractivity contribution in [2.24, 2.45) is 5.41 Å². The number of hydrogen-bond acceptors (Lipinski definition) is 2. The standard InChI is InChI=1S/C13H16ClNO/c1-16-13-6-5-11(8-12(13,14)9-15)4-2-3-10(11)7-13/h7H,2-6,8H2,1H3/t11-,12+,13+/m0/s1. The molecule has 2 nitrogen and oxygen atoms in total. The number of alkyl halides is 1. The molecule has 0 amide bonds. The number of ether oxygens (including phenoxy) is 1. The molecule has 0 aromatic rings. The SMILES string of the molecule is CO[C@@]12C=C3CCC[C@]3(CC1)C[C@@]2(Cl)C#N. The topological polar surface area (TPSA) is 33.0 Å². The highest BCUT2D eigenvalue weighted by atomic mass is 35.5. The molecule has 0 heterocycles. The van der Waals surface area contributed by atoms with Crippen molar-refractivity contribution in [1.82, 2.24) is 0 Å². The quantitative estimate of drug-likeness (QED) is 0.518. The second kappa shape index (κ2) is 3.03. The van der Waals surface area contributed by atoms with Crippen molar-refractivity contribution in [3.8, 4) is 6.07 Å². The van der Waals surface area contributed by atoms with E-state index in [4.69, 9.17) is 16.3 Å². The molecule has 0 saturated heterocycles. The first-order chi connectivity index (χ1) is 7.60. The summed E-state index contributed by atoms with van der Waals surface area (Å²) in [7, 11) is 1.68. The highest BCUT2D eigenvalue weighted by molar-refractivity contribution is 6.27. The van der Waals surface area contributed by atoms with Crippen LogP contribution >= 0.6 is 11.6 Å². The van der Waals surface area contributed by atoms with Crippen molar-refractivity contribution < 1.29 is 4.74 Å². The Morgan fingerprint density at radius 2 is 2.25 bits per heavy atom. The predicted octanol–water partition coefficient (Wildman–Crippen LogP) is 3.17. The van der Waals surface area contributed by atoms with Gasteiger partial charge in [0.2, 0.25) is 0 Å². The van der Waals surface area contributed by atoms with Crippen molar-refractivity contribution in [2.45, 2.75) is 49.0 Å². The third-order valence-corrected chi connectivity index (χ3v) is 5.50. The molecule has 0 N–H and O–H groups in total. The molecule has 0 aliphatic heterocycles. The Balaban J connectivity index is 2.17. The largest absolute Gasteiger partial charge is 0.371 e. The molecule has 4 aliphatic rings. The maximum Gasteiger partial charge on any atom is 0.164 e. The number of nitriles is 1. The Morgan fingerprint density at radius 3 is 2.94 bits per heavy atom. The zero-order valence-electron chi connectivity index (χ0n) is 9.55. The van der Waals surface area contributed by atoms with Crippen LogP contribution in [0.25, 0.3) is 0 Å². The van der Waals surface area contributed by atoms with Crippen LogP contribution in [0.15, 0.2) is 11.6 Å². The number of halogens is 1. The summed E-state index contributed by atoms with van der Waals surface area (Å²) in [6.07, 6.45) is 8.61. The molecular weight excluding hydrogens is 222 g/mol. The number of methoxy groups -OCH3 is 1. The first kappa shape index (κ1) is 10.6. The van der Waals surface area contributed by atoms with E-state index in [2.05, 4.69) is 12.1 Å². The maximum absolute atomic E-state index is 9.39. The van der Waals surface area contributed by atoms with Gasteiger partial charge in [0, 0.05) is 7.11 Å². The number of nitrogens with zero attached hydrogens (tertiary/aromatic N) is 1. The molecule has 16 heavy (non-hydrogen) atoms. The van der Waals surface area contributed by atoms with Crippen molar-refractivity contribution >= 4 is 11.6 Å². The molecule has 0 aromatic carbocycles. The minimum absolute atomic E-state index is 0.234. The summed E-state index contributed by atoms with van der Waals surface area (Å²) in [6.45, 7) is 0. The fourth-order valence-electron chi connectivity index (χ4n) is 4.01. The summed E-state index contributed by atoms with van der Waals surface area (Å²) >= 11 is 6.54. The Morgan fingerprint density at radius 1 is 1.44 bits per heavy atom. The number of hydrogen-bond donors (Lipinski definition) is 0. The first-order valence-corrected chi connectivity index (χ1v) is 6.35. The van der Waals surface area contributed by atoms with Crippen molar-refractivity contribution in [3.05, 3.63) is 11.6 Å². The van der Waals surface area contributed by atoms with Gasteiger partial charge in [0.25, 0.3) is 0 Å². The average Bonchev–Trinajstić information content (AvgIpc) is 2.70. The van der Waals surface area contributed by atoms with Crippen molar-refractivity contribution in [3.63, 3.8) is 0 Å². The van der Waals surface area contributed by atoms with E-state index in [1.165, 1.54) is 24.8 Å². The minimum Gasteiger partial charge on any atom is -0.371 e. The normalized spacial score (nSPS) is 49.7. The van der Waals surface area contributed by atoms with Crippen LogP contribution in [0.3, 0.4) is 0 Å². The highest BCUT2D eigenvalue weighted by Gasteiger charge is 2.64. The maximum atomic E-state index is 9.39. The van der Waals surface area contributed by atoms with Gasteiger partial charge in [-0.3, -0.25) is 0 Å². The van der Waals surface area contributed by atoms with Crippen LogP contribution in [0, 0.1) is 16.7 Å². The fourth-order valence-corrected chi connectivity index (χ4v) is 4.49. The van der Waals surface area contributed by atoms with E-state index in [0.29, 0.717) is 0 Å². The minimum atomic E-state index is -0.853. The zero-order chi connectivity index (χ0) is 11.4. The Kier molecular flexibility index (Phi) is 2.01. The van der Waals surface area contributed by atoms with Gasteiger partial charge in [0.1, 0.15) is 5.60 Å². The van der Waals surface area contributed by atoms with Crippen LogP contribution in [-0.4, -0.2) is 17.6 Å². The summed E-state index contributed by atoms with van der Waals surface area (Å²) in [5, 5.41) is 9.39. The Labute approximate surface area is 101 Å². The molecule has 86 valence electrons. The van der Waals surface area contributed by atoms with E-state index in [9.17, 15) is 5.26 Å². The van der Waals surface area contributed by atoms with Gasteiger partial charge in [-0.05, 0) is 43.9 Å². The van der Waals surface area contributed by atoms with Gasteiger partial charge < -0.3 is 4.74 Å². The fraction of sp³-hybridized carbons (Fsp3) is 0.769. The van der Waals surface area contributed by atoms with Gasteiger partial charge in [-0.2, -0.15) is 5.26 Å². The van der Waals surface area contributed by atoms with Gasteiger partial charge >= 0.3 is 0 Å². The first-order valence-electron chi connectivity index (χ1n) is 5.97. The molecule has 2 bridgehead atoms. The second-order valence-electron chi connectivity index (χ2n) is 5.49. The monoisotopic (exact) mass is 237 g/mol. The van der Waals surface area contributed by atoms with Gasteiger partial charge in [-0.1, -0.05) is 23.3 Å². The molecule has 0 radical (unpaired) electrons. The Hall–Kier alpha value is -0.520. The van der Waals surface area contributed by atoms with Gasteiger partial charge in [-0.15, -0.1) is 0 Å². The Bertz CT molecular complexity index is 413. The van der Waals surface area contributed by atoms with E-state index < -0.39 is 10.5 Å². The highest BCUT2D eigenvalue weighted by Crippen LogP contribution is 2.64. The van der Waals surface area contributed by atoms with E-state index in [1.54, 1.807) is 7.11 Å². The lowest BCUT2D eigenvalue weighted by Crippen LogP contribution is -2.59.